The van der Waals surface area contributed by atoms with E-state index in [4.69, 9.17) is 0 Å². The van der Waals surface area contributed by atoms with Crippen LogP contribution in [0.3, 0.4) is 0 Å². The number of nitrogens with one attached hydrogen (secondary N) is 1. The average molecular weight is 223 g/mol. The second-order valence-corrected chi connectivity index (χ2v) is 4.80. The van der Waals surface area contributed by atoms with Gasteiger partial charge >= 0.3 is 0 Å². The Balaban J connectivity index is 2.06. The average Bonchev–Trinajstić information content (AvgIpc) is 2.28. The van der Waals surface area contributed by atoms with Crippen molar-refractivity contribution >= 4 is 0 Å². The van der Waals surface area contributed by atoms with Gasteiger partial charge in [-0.2, -0.15) is 0 Å². The maximum atomic E-state index is 13.6. The highest BCUT2D eigenvalue weighted by Gasteiger charge is 2.32. The maximum absolute atomic E-state index is 13.6. The van der Waals surface area contributed by atoms with Crippen LogP contribution < -0.4 is 5.32 Å². The van der Waals surface area contributed by atoms with Gasteiger partial charge in [0.2, 0.25) is 0 Å². The molecule has 2 aliphatic rings. The lowest BCUT2D eigenvalue weighted by Crippen LogP contribution is -2.42. The highest BCUT2D eigenvalue weighted by molar-refractivity contribution is 5.36. The van der Waals surface area contributed by atoms with E-state index in [1.807, 2.05) is 0 Å². The molecule has 1 aromatic rings. The number of rotatable bonds is 0. The summed E-state index contributed by atoms with van der Waals surface area (Å²) in [6, 6.07) is 2.96. The van der Waals surface area contributed by atoms with Crippen LogP contribution in [-0.2, 0) is 6.42 Å². The standard InChI is InChI=1S/C13H15F2N/c14-8-6-11-9(12(15)7-8)3-4-13-10(11)2-1-5-16-13/h6-7,10,13,16H,1-5H2/t10?,13-/m0/s1. The zero-order valence-electron chi connectivity index (χ0n) is 9.10. The lowest BCUT2D eigenvalue weighted by molar-refractivity contribution is 0.315. The van der Waals surface area contributed by atoms with Crippen LogP contribution in [0.25, 0.3) is 0 Å². The Morgan fingerprint density at radius 1 is 1.19 bits per heavy atom. The van der Waals surface area contributed by atoms with Gasteiger partial charge in [-0.05, 0) is 55.3 Å². The fourth-order valence-corrected chi connectivity index (χ4v) is 3.15. The highest BCUT2D eigenvalue weighted by Crippen LogP contribution is 2.38. The lowest BCUT2D eigenvalue weighted by atomic mass is 9.75. The van der Waals surface area contributed by atoms with Crippen LogP contribution in [0, 0.1) is 11.6 Å². The molecule has 1 heterocycles. The van der Waals surface area contributed by atoms with Crippen molar-refractivity contribution in [1.29, 1.82) is 0 Å². The van der Waals surface area contributed by atoms with Crippen LogP contribution in [0.1, 0.15) is 36.3 Å². The number of piperidine rings is 1. The molecule has 0 bridgehead atoms. The minimum Gasteiger partial charge on any atom is -0.313 e. The Morgan fingerprint density at radius 3 is 2.94 bits per heavy atom. The van der Waals surface area contributed by atoms with E-state index in [0.29, 0.717) is 12.0 Å². The summed E-state index contributed by atoms with van der Waals surface area (Å²) in [5.74, 6) is -0.496. The number of hydrogen-bond donors (Lipinski definition) is 1. The van der Waals surface area contributed by atoms with Gasteiger partial charge in [0.25, 0.3) is 0 Å². The van der Waals surface area contributed by atoms with Crippen molar-refractivity contribution in [2.45, 2.75) is 37.6 Å². The third-order valence-electron chi connectivity index (χ3n) is 3.88. The van der Waals surface area contributed by atoms with Crippen LogP contribution in [0.5, 0.6) is 0 Å². The molecule has 1 N–H and O–H groups in total. The van der Waals surface area contributed by atoms with Crippen molar-refractivity contribution < 1.29 is 8.78 Å². The number of benzene rings is 1. The summed E-state index contributed by atoms with van der Waals surface area (Å²) in [4.78, 5) is 0. The summed E-state index contributed by atoms with van der Waals surface area (Å²) in [6.07, 6.45) is 3.85. The molecule has 0 aromatic heterocycles. The molecule has 16 heavy (non-hydrogen) atoms. The molecule has 1 fully saturated rings. The zero-order chi connectivity index (χ0) is 11.1. The maximum Gasteiger partial charge on any atom is 0.129 e. The molecule has 0 radical (unpaired) electrons. The van der Waals surface area contributed by atoms with Crippen molar-refractivity contribution in [3.05, 3.63) is 34.9 Å². The molecule has 2 atom stereocenters. The monoisotopic (exact) mass is 223 g/mol. The smallest absolute Gasteiger partial charge is 0.129 e. The van der Waals surface area contributed by atoms with E-state index in [9.17, 15) is 8.78 Å². The number of hydrogen-bond acceptors (Lipinski definition) is 1. The number of fused-ring (bicyclic) bond motifs is 3. The largest absolute Gasteiger partial charge is 0.313 e. The van der Waals surface area contributed by atoms with Crippen molar-refractivity contribution in [1.82, 2.24) is 5.32 Å². The van der Waals surface area contributed by atoms with Gasteiger partial charge < -0.3 is 5.32 Å². The van der Waals surface area contributed by atoms with Gasteiger partial charge in [0.05, 0.1) is 0 Å². The summed E-state index contributed by atoms with van der Waals surface area (Å²) in [6.45, 7) is 1.04. The summed E-state index contributed by atoms with van der Waals surface area (Å²) in [5, 5.41) is 3.46. The molecule has 0 saturated carbocycles. The number of halogens is 2. The van der Waals surface area contributed by atoms with E-state index in [2.05, 4.69) is 5.32 Å². The van der Waals surface area contributed by atoms with Crippen molar-refractivity contribution in [3.63, 3.8) is 0 Å². The van der Waals surface area contributed by atoms with Gasteiger partial charge in [0, 0.05) is 12.1 Å². The topological polar surface area (TPSA) is 12.0 Å². The normalized spacial score (nSPS) is 28.4. The Kier molecular flexibility index (Phi) is 2.43. The molecular weight excluding hydrogens is 208 g/mol. The Morgan fingerprint density at radius 2 is 2.06 bits per heavy atom. The molecule has 1 aromatic carbocycles. The molecule has 0 spiro atoms. The SMILES string of the molecule is Fc1cc(F)c2c(c1)C1CCCN[C@H]1CC2. The zero-order valence-corrected chi connectivity index (χ0v) is 9.10. The summed E-state index contributed by atoms with van der Waals surface area (Å²) in [7, 11) is 0. The minimum absolute atomic E-state index is 0.308. The van der Waals surface area contributed by atoms with Gasteiger partial charge in [-0.1, -0.05) is 0 Å². The first-order valence-electron chi connectivity index (χ1n) is 5.97. The first-order chi connectivity index (χ1) is 7.75. The van der Waals surface area contributed by atoms with E-state index >= 15 is 0 Å². The summed E-state index contributed by atoms with van der Waals surface area (Å²) < 4.78 is 26.9. The Hall–Kier alpha value is -0.960. The third-order valence-corrected chi connectivity index (χ3v) is 3.88. The fraction of sp³-hybridized carbons (Fsp3) is 0.538. The van der Waals surface area contributed by atoms with Crippen molar-refractivity contribution in [3.8, 4) is 0 Å². The van der Waals surface area contributed by atoms with E-state index in [1.165, 1.54) is 6.07 Å². The molecule has 1 aliphatic carbocycles. The predicted octanol–water partition coefficient (Wildman–Crippen LogP) is 2.75. The van der Waals surface area contributed by atoms with E-state index in [0.717, 1.165) is 49.4 Å². The first kappa shape index (κ1) is 10.2. The van der Waals surface area contributed by atoms with Gasteiger partial charge in [0.15, 0.2) is 0 Å². The Bertz CT molecular complexity index is 417. The second kappa shape index (κ2) is 3.81. The van der Waals surface area contributed by atoms with E-state index in [1.54, 1.807) is 0 Å². The summed E-state index contributed by atoms with van der Waals surface area (Å²) in [5.41, 5.74) is 1.65. The fourth-order valence-electron chi connectivity index (χ4n) is 3.15. The minimum atomic E-state index is -0.442. The molecular formula is C13H15F2N. The van der Waals surface area contributed by atoms with Crippen LogP contribution in [0.4, 0.5) is 8.78 Å². The van der Waals surface area contributed by atoms with Crippen LogP contribution in [0.15, 0.2) is 12.1 Å². The van der Waals surface area contributed by atoms with Gasteiger partial charge in [0.1, 0.15) is 11.6 Å². The molecule has 1 saturated heterocycles. The van der Waals surface area contributed by atoms with Crippen LogP contribution in [-0.4, -0.2) is 12.6 Å². The Labute approximate surface area is 93.9 Å². The lowest BCUT2D eigenvalue weighted by Gasteiger charge is -2.38. The van der Waals surface area contributed by atoms with Gasteiger partial charge in [-0.25, -0.2) is 8.78 Å². The molecule has 1 unspecified atom stereocenters. The van der Waals surface area contributed by atoms with Crippen molar-refractivity contribution in [2.75, 3.05) is 6.54 Å². The molecule has 0 amide bonds. The predicted molar refractivity (Wildman–Crippen MR) is 58.4 cm³/mol. The van der Waals surface area contributed by atoms with Gasteiger partial charge in [-0.3, -0.25) is 0 Å². The molecule has 1 aliphatic heterocycles. The molecule has 3 rings (SSSR count). The summed E-state index contributed by atoms with van der Waals surface area (Å²) >= 11 is 0. The van der Waals surface area contributed by atoms with Crippen LogP contribution >= 0.6 is 0 Å². The van der Waals surface area contributed by atoms with E-state index in [-0.39, 0.29) is 5.82 Å². The first-order valence-corrected chi connectivity index (χ1v) is 5.97. The quantitative estimate of drug-likeness (QED) is 0.713. The van der Waals surface area contributed by atoms with E-state index < -0.39 is 5.82 Å². The molecule has 3 heteroatoms. The van der Waals surface area contributed by atoms with Crippen LogP contribution in [0.2, 0.25) is 0 Å². The molecule has 86 valence electrons. The third kappa shape index (κ3) is 1.54. The van der Waals surface area contributed by atoms with Gasteiger partial charge in [-0.15, -0.1) is 0 Å². The highest BCUT2D eigenvalue weighted by atomic mass is 19.1. The van der Waals surface area contributed by atoms with Crippen molar-refractivity contribution in [2.24, 2.45) is 0 Å². The molecule has 1 nitrogen and oxygen atoms in total. The second-order valence-electron chi connectivity index (χ2n) is 4.80.